The van der Waals surface area contributed by atoms with Gasteiger partial charge in [-0.3, -0.25) is 4.79 Å². The molecule has 2 atom stereocenters. The second-order valence-electron chi connectivity index (χ2n) is 5.98. The van der Waals surface area contributed by atoms with Crippen LogP contribution in [0.1, 0.15) is 43.7 Å². The Labute approximate surface area is 121 Å². The molecule has 3 nitrogen and oxygen atoms in total. The van der Waals surface area contributed by atoms with E-state index >= 15 is 0 Å². The summed E-state index contributed by atoms with van der Waals surface area (Å²) in [5.74, 6) is 1.13. The number of aliphatic hydroxyl groups excluding tert-OH is 1. The monoisotopic (exact) mass is 275 g/mol. The molecule has 3 heteroatoms. The minimum Gasteiger partial charge on any atom is -0.392 e. The van der Waals surface area contributed by atoms with Crippen LogP contribution in [0.2, 0.25) is 0 Å². The Morgan fingerprint density at radius 1 is 1.25 bits per heavy atom. The largest absolute Gasteiger partial charge is 0.392 e. The molecule has 1 aromatic carbocycles. The van der Waals surface area contributed by atoms with Gasteiger partial charge in [0.25, 0.3) is 0 Å². The molecule has 0 bridgehead atoms. The standard InChI is InChI=1S/C17H25NO2/c1-13-3-2-4-16(11-13)17(20)18-10-9-14-5-7-15(12-19)8-6-14/h5-8,13,16,19H,2-4,9-12H2,1H3,(H,18,20). The minimum atomic E-state index is 0.0802. The Hall–Kier alpha value is -1.35. The highest BCUT2D eigenvalue weighted by Gasteiger charge is 2.24. The predicted octanol–water partition coefficient (Wildman–Crippen LogP) is 2.66. The van der Waals surface area contributed by atoms with Gasteiger partial charge >= 0.3 is 0 Å². The summed E-state index contributed by atoms with van der Waals surface area (Å²) < 4.78 is 0. The van der Waals surface area contributed by atoms with Crippen LogP contribution >= 0.6 is 0 Å². The Morgan fingerprint density at radius 2 is 1.95 bits per heavy atom. The van der Waals surface area contributed by atoms with Gasteiger partial charge < -0.3 is 10.4 Å². The highest BCUT2D eigenvalue weighted by molar-refractivity contribution is 5.78. The summed E-state index contributed by atoms with van der Waals surface area (Å²) in [6.07, 6.45) is 5.38. The third-order valence-corrected chi connectivity index (χ3v) is 4.23. The Kier molecular flexibility index (Phi) is 5.60. The van der Waals surface area contributed by atoms with Gasteiger partial charge in [0.05, 0.1) is 6.61 Å². The fraction of sp³-hybridized carbons (Fsp3) is 0.588. The number of carbonyl (C=O) groups is 1. The molecule has 0 aromatic heterocycles. The Balaban J connectivity index is 1.73. The van der Waals surface area contributed by atoms with Gasteiger partial charge in [0.1, 0.15) is 0 Å². The smallest absolute Gasteiger partial charge is 0.223 e. The van der Waals surface area contributed by atoms with Crippen LogP contribution in [0, 0.1) is 11.8 Å². The van der Waals surface area contributed by atoms with E-state index in [1.165, 1.54) is 18.4 Å². The third kappa shape index (κ3) is 4.34. The normalized spacial score (nSPS) is 22.5. The van der Waals surface area contributed by atoms with Gasteiger partial charge in [0.15, 0.2) is 0 Å². The Morgan fingerprint density at radius 3 is 2.60 bits per heavy atom. The fourth-order valence-corrected chi connectivity index (χ4v) is 2.96. The van der Waals surface area contributed by atoms with Crippen LogP contribution in [-0.2, 0) is 17.8 Å². The second kappa shape index (κ2) is 7.44. The van der Waals surface area contributed by atoms with Crippen molar-refractivity contribution in [1.82, 2.24) is 5.32 Å². The highest BCUT2D eigenvalue weighted by Crippen LogP contribution is 2.28. The molecule has 0 saturated heterocycles. The van der Waals surface area contributed by atoms with E-state index in [2.05, 4.69) is 12.2 Å². The highest BCUT2D eigenvalue weighted by atomic mass is 16.3. The number of rotatable bonds is 5. The summed E-state index contributed by atoms with van der Waals surface area (Å²) in [5.41, 5.74) is 2.12. The summed E-state index contributed by atoms with van der Waals surface area (Å²) in [5, 5.41) is 12.0. The van der Waals surface area contributed by atoms with E-state index in [1.807, 2.05) is 24.3 Å². The number of hydrogen-bond donors (Lipinski definition) is 2. The third-order valence-electron chi connectivity index (χ3n) is 4.23. The average Bonchev–Trinajstić information content (AvgIpc) is 2.48. The minimum absolute atomic E-state index is 0.0802. The topological polar surface area (TPSA) is 49.3 Å². The lowest BCUT2D eigenvalue weighted by molar-refractivity contribution is -0.126. The lowest BCUT2D eigenvalue weighted by atomic mass is 9.82. The van der Waals surface area contributed by atoms with Gasteiger partial charge in [-0.25, -0.2) is 0 Å². The number of amides is 1. The molecule has 1 saturated carbocycles. The maximum atomic E-state index is 12.1. The molecule has 1 aromatic rings. The zero-order valence-electron chi connectivity index (χ0n) is 12.3. The van der Waals surface area contributed by atoms with E-state index in [9.17, 15) is 4.79 Å². The molecule has 20 heavy (non-hydrogen) atoms. The van der Waals surface area contributed by atoms with Gasteiger partial charge in [-0.1, -0.05) is 44.0 Å². The molecule has 2 N–H and O–H groups in total. The summed E-state index contributed by atoms with van der Waals surface area (Å²) in [6.45, 7) is 3.02. The van der Waals surface area contributed by atoms with Crippen molar-refractivity contribution >= 4 is 5.91 Å². The molecular weight excluding hydrogens is 250 g/mol. The zero-order chi connectivity index (χ0) is 14.4. The second-order valence-corrected chi connectivity index (χ2v) is 5.98. The van der Waals surface area contributed by atoms with Gasteiger partial charge in [0, 0.05) is 12.5 Å². The first-order valence-corrected chi connectivity index (χ1v) is 7.65. The quantitative estimate of drug-likeness (QED) is 0.868. The van der Waals surface area contributed by atoms with Crippen LogP contribution in [0.5, 0.6) is 0 Å². The van der Waals surface area contributed by atoms with Crippen molar-refractivity contribution in [3.8, 4) is 0 Å². The van der Waals surface area contributed by atoms with E-state index in [1.54, 1.807) is 0 Å². The molecule has 1 fully saturated rings. The van der Waals surface area contributed by atoms with Crippen molar-refractivity contribution in [3.05, 3.63) is 35.4 Å². The molecular formula is C17H25NO2. The first-order valence-electron chi connectivity index (χ1n) is 7.65. The molecule has 1 amide bonds. The zero-order valence-corrected chi connectivity index (χ0v) is 12.3. The summed E-state index contributed by atoms with van der Waals surface area (Å²) in [6, 6.07) is 7.89. The van der Waals surface area contributed by atoms with Gasteiger partial charge in [0.2, 0.25) is 5.91 Å². The van der Waals surface area contributed by atoms with Crippen molar-refractivity contribution in [3.63, 3.8) is 0 Å². The van der Waals surface area contributed by atoms with E-state index < -0.39 is 0 Å². The van der Waals surface area contributed by atoms with E-state index in [-0.39, 0.29) is 18.4 Å². The van der Waals surface area contributed by atoms with Crippen LogP contribution in [0.15, 0.2) is 24.3 Å². The molecule has 2 unspecified atom stereocenters. The first-order chi connectivity index (χ1) is 9.69. The van der Waals surface area contributed by atoms with Crippen LogP contribution < -0.4 is 5.32 Å². The number of nitrogens with one attached hydrogen (secondary N) is 1. The molecule has 2 rings (SSSR count). The van der Waals surface area contributed by atoms with Crippen molar-refractivity contribution in [2.24, 2.45) is 11.8 Å². The van der Waals surface area contributed by atoms with Gasteiger partial charge in [-0.05, 0) is 36.3 Å². The molecule has 110 valence electrons. The maximum absolute atomic E-state index is 12.1. The van der Waals surface area contributed by atoms with E-state index in [0.29, 0.717) is 12.5 Å². The summed E-state index contributed by atoms with van der Waals surface area (Å²) >= 11 is 0. The summed E-state index contributed by atoms with van der Waals surface area (Å²) in [4.78, 5) is 12.1. The molecule has 0 radical (unpaired) electrons. The lowest BCUT2D eigenvalue weighted by Crippen LogP contribution is -2.34. The van der Waals surface area contributed by atoms with E-state index in [4.69, 9.17) is 5.11 Å². The van der Waals surface area contributed by atoms with Crippen molar-refractivity contribution in [2.75, 3.05) is 6.54 Å². The predicted molar refractivity (Wildman–Crippen MR) is 80.2 cm³/mol. The molecule has 1 aliphatic rings. The number of aliphatic hydroxyl groups is 1. The maximum Gasteiger partial charge on any atom is 0.223 e. The molecule has 0 aliphatic heterocycles. The molecule has 0 heterocycles. The number of carbonyl (C=O) groups excluding carboxylic acids is 1. The number of benzene rings is 1. The van der Waals surface area contributed by atoms with Crippen molar-refractivity contribution in [2.45, 2.75) is 45.6 Å². The summed E-state index contributed by atoms with van der Waals surface area (Å²) in [7, 11) is 0. The fourth-order valence-electron chi connectivity index (χ4n) is 2.96. The number of hydrogen-bond acceptors (Lipinski definition) is 2. The lowest BCUT2D eigenvalue weighted by Gasteiger charge is -2.25. The Bertz CT molecular complexity index is 427. The molecule has 1 aliphatic carbocycles. The molecule has 0 spiro atoms. The van der Waals surface area contributed by atoms with Crippen molar-refractivity contribution < 1.29 is 9.90 Å². The average molecular weight is 275 g/mol. The van der Waals surface area contributed by atoms with Crippen LogP contribution in [0.3, 0.4) is 0 Å². The van der Waals surface area contributed by atoms with Crippen molar-refractivity contribution in [1.29, 1.82) is 0 Å². The SMILES string of the molecule is CC1CCCC(C(=O)NCCc2ccc(CO)cc2)C1. The first kappa shape index (κ1) is 15.0. The van der Waals surface area contributed by atoms with Gasteiger partial charge in [-0.2, -0.15) is 0 Å². The van der Waals surface area contributed by atoms with Crippen LogP contribution in [0.4, 0.5) is 0 Å². The van der Waals surface area contributed by atoms with Crippen LogP contribution in [-0.4, -0.2) is 17.6 Å². The van der Waals surface area contributed by atoms with Gasteiger partial charge in [-0.15, -0.1) is 0 Å². The van der Waals surface area contributed by atoms with E-state index in [0.717, 1.165) is 24.8 Å². The van der Waals surface area contributed by atoms with Crippen LogP contribution in [0.25, 0.3) is 0 Å².